The Labute approximate surface area is 206 Å². The molecule has 1 aliphatic heterocycles. The van der Waals surface area contributed by atoms with Gasteiger partial charge in [-0.3, -0.25) is 0 Å². The van der Waals surface area contributed by atoms with Crippen molar-refractivity contribution in [2.45, 2.75) is 41.8 Å². The van der Waals surface area contributed by atoms with Crippen LogP contribution in [-0.4, -0.2) is 66.9 Å². The lowest BCUT2D eigenvalue weighted by Gasteiger charge is -2.40. The molecular weight excluding hydrogens is 497 g/mol. The number of aliphatic hydroxyl groups excluding tert-OH is 4. The lowest BCUT2D eigenvalue weighted by Crippen LogP contribution is -2.55. The minimum atomic E-state index is -3.81. The average molecular weight is 524 g/mol. The standard InChI is InChI=1S/C24H26FNO7S2/c1-26-35(31,32)20-9-4-14(24-23(30)22(29)21(28)18(12-27)33-24)10-15(20)11-17-7-8-19(34-17)13-2-5-16(25)6-3-13/h2-10,18,21-24,26-30H,11-12H2,1H3/t18-,21-,22+,23-,24+/m1/s1. The lowest BCUT2D eigenvalue weighted by atomic mass is 9.90. The van der Waals surface area contributed by atoms with Crippen molar-refractivity contribution in [2.75, 3.05) is 13.7 Å². The number of hydrogen-bond donors (Lipinski definition) is 5. The van der Waals surface area contributed by atoms with Crippen LogP contribution in [0.3, 0.4) is 0 Å². The Morgan fingerprint density at radius 1 is 1.00 bits per heavy atom. The van der Waals surface area contributed by atoms with Crippen molar-refractivity contribution in [3.05, 3.63) is 76.4 Å². The van der Waals surface area contributed by atoms with Gasteiger partial charge in [0.25, 0.3) is 0 Å². The van der Waals surface area contributed by atoms with Crippen LogP contribution in [-0.2, 0) is 21.2 Å². The summed E-state index contributed by atoms with van der Waals surface area (Å²) in [5.41, 5.74) is 1.66. The van der Waals surface area contributed by atoms with Gasteiger partial charge in [-0.15, -0.1) is 11.3 Å². The molecule has 11 heteroatoms. The summed E-state index contributed by atoms with van der Waals surface area (Å²) in [6.45, 7) is -0.568. The predicted molar refractivity (Wildman–Crippen MR) is 128 cm³/mol. The second kappa shape index (κ2) is 10.4. The van der Waals surface area contributed by atoms with Crippen LogP contribution in [0.1, 0.15) is 22.1 Å². The van der Waals surface area contributed by atoms with E-state index in [1.54, 1.807) is 18.2 Å². The zero-order valence-corrected chi connectivity index (χ0v) is 20.3. The number of rotatable bonds is 7. The number of thiophene rings is 1. The zero-order valence-electron chi connectivity index (χ0n) is 18.7. The van der Waals surface area contributed by atoms with Crippen molar-refractivity contribution in [3.8, 4) is 10.4 Å². The van der Waals surface area contributed by atoms with E-state index in [0.29, 0.717) is 11.1 Å². The molecule has 2 aromatic carbocycles. The number of benzene rings is 2. The first-order valence-electron chi connectivity index (χ1n) is 10.9. The molecule has 0 spiro atoms. The van der Waals surface area contributed by atoms with Crippen LogP contribution in [0.25, 0.3) is 10.4 Å². The first-order chi connectivity index (χ1) is 16.6. The first-order valence-corrected chi connectivity index (χ1v) is 13.2. The largest absolute Gasteiger partial charge is 0.394 e. The summed E-state index contributed by atoms with van der Waals surface area (Å²) in [7, 11) is -2.51. The summed E-state index contributed by atoms with van der Waals surface area (Å²) in [6.07, 6.45) is -6.46. The number of halogens is 1. The highest BCUT2D eigenvalue weighted by Gasteiger charge is 2.44. The Morgan fingerprint density at radius 2 is 1.71 bits per heavy atom. The van der Waals surface area contributed by atoms with Crippen LogP contribution in [0.2, 0.25) is 0 Å². The van der Waals surface area contributed by atoms with E-state index in [1.807, 2.05) is 12.1 Å². The molecule has 5 N–H and O–H groups in total. The molecule has 0 amide bonds. The molecule has 3 aromatic rings. The molecule has 1 aliphatic rings. The molecule has 4 rings (SSSR count). The summed E-state index contributed by atoms with van der Waals surface area (Å²) < 4.78 is 46.6. The third kappa shape index (κ3) is 5.32. The highest BCUT2D eigenvalue weighted by molar-refractivity contribution is 7.89. The molecule has 1 aromatic heterocycles. The van der Waals surface area contributed by atoms with E-state index in [1.165, 1.54) is 42.6 Å². The molecule has 0 unspecified atom stereocenters. The zero-order chi connectivity index (χ0) is 25.3. The number of aliphatic hydroxyl groups is 4. The maximum absolute atomic E-state index is 13.3. The second-order valence-electron chi connectivity index (χ2n) is 8.27. The minimum Gasteiger partial charge on any atom is -0.394 e. The fourth-order valence-corrected chi connectivity index (χ4v) is 6.07. The van der Waals surface area contributed by atoms with Crippen LogP contribution in [0.4, 0.5) is 4.39 Å². The van der Waals surface area contributed by atoms with Crippen LogP contribution in [0, 0.1) is 5.82 Å². The van der Waals surface area contributed by atoms with Gasteiger partial charge < -0.3 is 25.2 Å². The van der Waals surface area contributed by atoms with Gasteiger partial charge in [0.2, 0.25) is 10.0 Å². The summed E-state index contributed by atoms with van der Waals surface area (Å²) >= 11 is 1.44. The fraction of sp³-hybridized carbons (Fsp3) is 0.333. The Bertz CT molecular complexity index is 1280. The van der Waals surface area contributed by atoms with Crippen LogP contribution in [0.5, 0.6) is 0 Å². The monoisotopic (exact) mass is 523 g/mol. The van der Waals surface area contributed by atoms with Crippen molar-refractivity contribution < 1.29 is 38.0 Å². The molecule has 188 valence electrons. The molecule has 0 bridgehead atoms. The Hall–Kier alpha value is -2.22. The van der Waals surface area contributed by atoms with E-state index in [4.69, 9.17) is 4.74 Å². The van der Waals surface area contributed by atoms with Gasteiger partial charge in [0, 0.05) is 16.2 Å². The van der Waals surface area contributed by atoms with Crippen molar-refractivity contribution >= 4 is 21.4 Å². The van der Waals surface area contributed by atoms with Gasteiger partial charge >= 0.3 is 0 Å². The minimum absolute atomic E-state index is 0.0464. The average Bonchev–Trinajstić information content (AvgIpc) is 3.31. The molecule has 2 heterocycles. The topological polar surface area (TPSA) is 136 Å². The Kier molecular flexibility index (Phi) is 7.69. The summed E-state index contributed by atoms with van der Waals surface area (Å²) in [5, 5.41) is 40.2. The summed E-state index contributed by atoms with van der Waals surface area (Å²) in [4.78, 5) is 1.79. The maximum atomic E-state index is 13.3. The first kappa shape index (κ1) is 25.9. The molecule has 0 radical (unpaired) electrons. The third-order valence-electron chi connectivity index (χ3n) is 6.02. The van der Waals surface area contributed by atoms with Gasteiger partial charge in [-0.05, 0) is 54.1 Å². The molecule has 35 heavy (non-hydrogen) atoms. The predicted octanol–water partition coefficient (Wildman–Crippen LogP) is 1.57. The molecule has 5 atom stereocenters. The van der Waals surface area contributed by atoms with Crippen molar-refractivity contribution in [1.82, 2.24) is 4.72 Å². The number of hydrogen-bond acceptors (Lipinski definition) is 8. The van der Waals surface area contributed by atoms with E-state index >= 15 is 0 Å². The van der Waals surface area contributed by atoms with E-state index in [9.17, 15) is 33.2 Å². The number of sulfonamides is 1. The fourth-order valence-electron chi connectivity index (χ4n) is 4.09. The van der Waals surface area contributed by atoms with Crippen molar-refractivity contribution in [2.24, 2.45) is 0 Å². The van der Waals surface area contributed by atoms with E-state index in [2.05, 4.69) is 4.72 Å². The molecular formula is C24H26FNO7S2. The summed E-state index contributed by atoms with van der Waals surface area (Å²) in [6, 6.07) is 14.3. The SMILES string of the molecule is CNS(=O)(=O)c1ccc([C@@H]2O[C@H](CO)[C@@H](O)[C@H](O)[C@H]2O)cc1Cc1ccc(-c2ccc(F)cc2)s1. The molecule has 1 saturated heterocycles. The van der Waals surface area contributed by atoms with Gasteiger partial charge in [-0.2, -0.15) is 0 Å². The Balaban J connectivity index is 1.70. The summed E-state index contributed by atoms with van der Waals surface area (Å²) in [5.74, 6) is -0.336. The van der Waals surface area contributed by atoms with Gasteiger partial charge in [-0.1, -0.05) is 24.3 Å². The number of nitrogens with one attached hydrogen (secondary N) is 1. The van der Waals surface area contributed by atoms with Crippen LogP contribution in [0.15, 0.2) is 59.5 Å². The van der Waals surface area contributed by atoms with E-state index in [-0.39, 0.29) is 17.1 Å². The lowest BCUT2D eigenvalue weighted by molar-refractivity contribution is -0.231. The number of ether oxygens (including phenoxy) is 1. The molecule has 1 fully saturated rings. The van der Waals surface area contributed by atoms with Gasteiger partial charge in [0.15, 0.2) is 0 Å². The molecule has 8 nitrogen and oxygen atoms in total. The quantitative estimate of drug-likeness (QED) is 0.317. The smallest absolute Gasteiger partial charge is 0.240 e. The van der Waals surface area contributed by atoms with Gasteiger partial charge in [0.1, 0.15) is 36.3 Å². The second-order valence-corrected chi connectivity index (χ2v) is 11.3. The highest BCUT2D eigenvalue weighted by Crippen LogP contribution is 2.35. The van der Waals surface area contributed by atoms with E-state index < -0.39 is 47.2 Å². The van der Waals surface area contributed by atoms with Gasteiger partial charge in [-0.25, -0.2) is 17.5 Å². The van der Waals surface area contributed by atoms with Gasteiger partial charge in [0.05, 0.1) is 11.5 Å². The van der Waals surface area contributed by atoms with Crippen molar-refractivity contribution in [3.63, 3.8) is 0 Å². The maximum Gasteiger partial charge on any atom is 0.240 e. The highest BCUT2D eigenvalue weighted by atomic mass is 32.2. The molecule has 0 saturated carbocycles. The van der Waals surface area contributed by atoms with E-state index in [0.717, 1.165) is 15.3 Å². The Morgan fingerprint density at radius 3 is 2.37 bits per heavy atom. The van der Waals surface area contributed by atoms with Crippen LogP contribution < -0.4 is 4.72 Å². The normalized spacial score (nSPS) is 25.0. The molecule has 0 aliphatic carbocycles. The van der Waals surface area contributed by atoms with Crippen LogP contribution >= 0.6 is 11.3 Å². The third-order valence-corrected chi connectivity index (χ3v) is 8.67. The van der Waals surface area contributed by atoms with Crippen molar-refractivity contribution in [1.29, 1.82) is 0 Å².